The van der Waals surface area contributed by atoms with Crippen LogP contribution in [0.15, 0.2) is 69.2 Å². The molecule has 1 amide bonds. The van der Waals surface area contributed by atoms with Crippen LogP contribution in [0.5, 0.6) is 0 Å². The number of oxazole rings is 1. The molecule has 0 unspecified atom stereocenters. The van der Waals surface area contributed by atoms with Crippen molar-refractivity contribution in [1.82, 2.24) is 23.9 Å². The molecule has 1 fully saturated rings. The zero-order valence-corrected chi connectivity index (χ0v) is 27.7. The number of amides is 1. The fourth-order valence-corrected chi connectivity index (χ4v) is 7.69. The number of aryl methyl sites for hydroxylation is 1. The molecule has 0 atom stereocenters. The predicted octanol–water partition coefficient (Wildman–Crippen LogP) is 4.32. The van der Waals surface area contributed by atoms with Gasteiger partial charge in [0.05, 0.1) is 24.5 Å². The molecular weight excluding hydrogens is 660 g/mol. The third-order valence-corrected chi connectivity index (χ3v) is 10.7. The highest BCUT2D eigenvalue weighted by molar-refractivity contribution is 7.88. The Morgan fingerprint density at radius 1 is 1.17 bits per heavy atom. The number of rotatable bonds is 9. The summed E-state index contributed by atoms with van der Waals surface area (Å²) in [6.45, 7) is 0.861. The van der Waals surface area contributed by atoms with Crippen molar-refractivity contribution in [3.63, 3.8) is 0 Å². The average Bonchev–Trinajstić information content (AvgIpc) is 3.79. The van der Waals surface area contributed by atoms with Gasteiger partial charge in [0.1, 0.15) is 17.2 Å². The first-order valence-electron chi connectivity index (χ1n) is 15.3. The second-order valence-corrected chi connectivity index (χ2v) is 14.6. The summed E-state index contributed by atoms with van der Waals surface area (Å²) in [6, 6.07) is 15.0. The summed E-state index contributed by atoms with van der Waals surface area (Å²) < 4.78 is 46.1. The molecule has 3 N–H and O–H groups in total. The van der Waals surface area contributed by atoms with Crippen LogP contribution in [0, 0.1) is 5.82 Å². The Hall–Kier alpha value is -4.93. The molecule has 5 heterocycles. The number of nitrogens with one attached hydrogen (secondary N) is 3. The summed E-state index contributed by atoms with van der Waals surface area (Å²) in [5.74, 6) is -0.382. The van der Waals surface area contributed by atoms with Crippen LogP contribution in [0.4, 0.5) is 21.0 Å². The zero-order valence-electron chi connectivity index (χ0n) is 26.1. The Kier molecular flexibility index (Phi) is 8.30. The number of thiazole rings is 1. The molecule has 1 aliphatic rings. The monoisotopic (exact) mass is 691 g/mol. The molecule has 6 aromatic rings. The lowest BCUT2D eigenvalue weighted by atomic mass is 9.94. The first-order valence-corrected chi connectivity index (χ1v) is 18.0. The van der Waals surface area contributed by atoms with Crippen molar-refractivity contribution in [3.05, 3.63) is 87.7 Å². The van der Waals surface area contributed by atoms with Crippen LogP contribution in [0.3, 0.4) is 0 Å². The SMILES string of the molecule is CN(c1[nH+]c(-c2ccc(F)cc2)cs1)c1c(CCC(=O)Nc2ccc3[nH]c(=O)oc3c2)nc2ccc(C3CCN(S(C)(=O)=O)CC3)nn12. The zero-order chi connectivity index (χ0) is 33.6. The molecule has 0 spiro atoms. The quantitative estimate of drug-likeness (QED) is 0.227. The van der Waals surface area contributed by atoms with Crippen molar-refractivity contribution in [3.8, 4) is 11.3 Å². The molecule has 48 heavy (non-hydrogen) atoms. The lowest BCUT2D eigenvalue weighted by molar-refractivity contribution is -0.343. The molecule has 1 aliphatic heterocycles. The van der Waals surface area contributed by atoms with Crippen LogP contribution in [0.2, 0.25) is 0 Å². The molecule has 0 aliphatic carbocycles. The summed E-state index contributed by atoms with van der Waals surface area (Å²) in [7, 11) is -1.36. The lowest BCUT2D eigenvalue weighted by Crippen LogP contribution is -2.37. The predicted molar refractivity (Wildman–Crippen MR) is 179 cm³/mol. The van der Waals surface area contributed by atoms with Gasteiger partial charge in [0.25, 0.3) is 0 Å². The van der Waals surface area contributed by atoms with Crippen molar-refractivity contribution in [1.29, 1.82) is 0 Å². The van der Waals surface area contributed by atoms with Crippen molar-refractivity contribution in [2.24, 2.45) is 0 Å². The second-order valence-electron chi connectivity index (χ2n) is 11.8. The molecule has 7 rings (SSSR count). The number of sulfonamides is 1. The Labute approximate surface area is 278 Å². The molecule has 0 bridgehead atoms. The number of carbonyl (C=O) groups excluding carboxylic acids is 1. The van der Waals surface area contributed by atoms with Gasteiger partial charge in [-0.25, -0.2) is 36.8 Å². The fraction of sp³-hybridized carbons (Fsp3) is 0.281. The van der Waals surface area contributed by atoms with Crippen molar-refractivity contribution < 1.29 is 27.0 Å². The van der Waals surface area contributed by atoms with Crippen molar-refractivity contribution in [2.75, 3.05) is 36.6 Å². The largest absolute Gasteiger partial charge is 0.417 e. The lowest BCUT2D eigenvalue weighted by Gasteiger charge is -2.29. The number of anilines is 3. The Morgan fingerprint density at radius 2 is 1.94 bits per heavy atom. The van der Waals surface area contributed by atoms with E-state index in [4.69, 9.17) is 14.5 Å². The maximum absolute atomic E-state index is 13.6. The van der Waals surface area contributed by atoms with Gasteiger partial charge < -0.3 is 9.73 Å². The molecule has 0 saturated carbocycles. The number of carbonyl (C=O) groups is 1. The van der Waals surface area contributed by atoms with E-state index >= 15 is 0 Å². The summed E-state index contributed by atoms with van der Waals surface area (Å²) in [5, 5.41) is 10.6. The summed E-state index contributed by atoms with van der Waals surface area (Å²) >= 11 is 1.47. The second kappa shape index (κ2) is 12.6. The number of benzene rings is 2. The Balaban J connectivity index is 1.18. The number of halogens is 1. The summed E-state index contributed by atoms with van der Waals surface area (Å²) in [4.78, 5) is 37.4. The van der Waals surface area contributed by atoms with Gasteiger partial charge in [-0.05, 0) is 61.4 Å². The molecule has 0 radical (unpaired) electrons. The summed E-state index contributed by atoms with van der Waals surface area (Å²) in [5.41, 5.74) is 5.13. The molecule has 248 valence electrons. The van der Waals surface area contributed by atoms with Gasteiger partial charge in [-0.1, -0.05) is 11.3 Å². The number of nitrogens with zero attached hydrogens (tertiary/aromatic N) is 5. The number of hydrogen-bond acceptors (Lipinski definition) is 9. The van der Waals surface area contributed by atoms with Gasteiger partial charge in [-0.3, -0.25) is 9.78 Å². The molecule has 13 nitrogen and oxygen atoms in total. The van der Waals surface area contributed by atoms with E-state index in [1.807, 2.05) is 29.5 Å². The smallest absolute Gasteiger partial charge is 0.408 e. The maximum atomic E-state index is 13.6. The van der Waals surface area contributed by atoms with Crippen LogP contribution < -0.4 is 21.0 Å². The van der Waals surface area contributed by atoms with E-state index in [1.54, 1.807) is 34.8 Å². The molecule has 2 aromatic carbocycles. The first kappa shape index (κ1) is 31.7. The van der Waals surface area contributed by atoms with Gasteiger partial charge in [0.15, 0.2) is 11.2 Å². The minimum Gasteiger partial charge on any atom is -0.408 e. The number of fused-ring (bicyclic) bond motifs is 2. The van der Waals surface area contributed by atoms with Crippen LogP contribution in [0.1, 0.15) is 36.6 Å². The van der Waals surface area contributed by atoms with Crippen molar-refractivity contribution in [2.45, 2.75) is 31.6 Å². The summed E-state index contributed by atoms with van der Waals surface area (Å²) in [6.07, 6.45) is 2.95. The Morgan fingerprint density at radius 3 is 2.69 bits per heavy atom. The van der Waals surface area contributed by atoms with E-state index in [9.17, 15) is 22.4 Å². The van der Waals surface area contributed by atoms with E-state index in [0.29, 0.717) is 66.3 Å². The standard InChI is InChI=1S/C32H31FN8O5S2/c1-39(31-36-26(18-47-31)19-3-5-21(33)6-4-19)30-25(10-12-29(42)34-22-7-8-24-27(17-22)46-32(43)37-24)35-28-11-9-23(38-41(28)30)20-13-15-40(16-14-20)48(2,44)45/h3-9,11,17-18,20H,10,12-16H2,1-2H3,(H,34,42)(H,37,43)/p+1. The minimum atomic E-state index is -3.26. The minimum absolute atomic E-state index is 0.0716. The highest BCUT2D eigenvalue weighted by Gasteiger charge is 2.30. The van der Waals surface area contributed by atoms with Crippen molar-refractivity contribution >= 4 is 60.7 Å². The Bertz CT molecular complexity index is 2300. The molecule has 4 aromatic heterocycles. The maximum Gasteiger partial charge on any atom is 0.417 e. The van der Waals surface area contributed by atoms with Gasteiger partial charge in [0, 0.05) is 54.5 Å². The number of aromatic amines is 2. The molecule has 16 heteroatoms. The van der Waals surface area contributed by atoms with Crippen LogP contribution in [-0.4, -0.2) is 64.6 Å². The highest BCUT2D eigenvalue weighted by Crippen LogP contribution is 2.33. The number of H-pyrrole nitrogens is 2. The normalized spacial score (nSPS) is 14.6. The van der Waals surface area contributed by atoms with Crippen LogP contribution in [-0.2, 0) is 21.2 Å². The van der Waals surface area contributed by atoms with E-state index in [-0.39, 0.29) is 24.1 Å². The number of hydrogen-bond donors (Lipinski definition) is 2. The van der Waals surface area contributed by atoms with E-state index in [2.05, 4.69) is 15.3 Å². The third kappa shape index (κ3) is 6.46. The third-order valence-electron chi connectivity index (χ3n) is 8.49. The topological polar surface area (TPSA) is 160 Å². The number of aromatic nitrogens is 5. The van der Waals surface area contributed by atoms with E-state index in [0.717, 1.165) is 22.1 Å². The highest BCUT2D eigenvalue weighted by atomic mass is 32.2. The van der Waals surface area contributed by atoms with Crippen LogP contribution >= 0.6 is 11.3 Å². The van der Waals surface area contributed by atoms with E-state index < -0.39 is 15.8 Å². The van der Waals surface area contributed by atoms with Gasteiger partial charge in [-0.2, -0.15) is 9.61 Å². The van der Waals surface area contributed by atoms with Crippen LogP contribution in [0.25, 0.3) is 28.0 Å². The van der Waals surface area contributed by atoms with Gasteiger partial charge in [-0.15, -0.1) is 0 Å². The van der Waals surface area contributed by atoms with Gasteiger partial charge >= 0.3 is 10.9 Å². The molecular formula is C32H32FN8O5S2+. The fourth-order valence-electron chi connectivity index (χ4n) is 5.98. The number of piperidine rings is 1. The van der Waals surface area contributed by atoms with Gasteiger partial charge in [0.2, 0.25) is 21.7 Å². The average molecular weight is 692 g/mol. The van der Waals surface area contributed by atoms with E-state index in [1.165, 1.54) is 34.0 Å². The number of imidazole rings is 1. The molecule has 1 saturated heterocycles. The first-order chi connectivity index (χ1) is 23.0.